The molecule has 8 heteroatoms. The molecule has 0 unspecified atom stereocenters. The normalized spacial score (nSPS) is 19.6. The summed E-state index contributed by atoms with van der Waals surface area (Å²) in [5.41, 5.74) is 2.82. The van der Waals surface area contributed by atoms with Crippen LogP contribution in [0.2, 0.25) is 0 Å². The minimum atomic E-state index is -1.08. The molecule has 0 saturated carbocycles. The molecule has 3 amide bonds. The number of carbonyl (C=O) groups is 4. The van der Waals surface area contributed by atoms with Gasteiger partial charge in [-0.15, -0.1) is 0 Å². The third-order valence-electron chi connectivity index (χ3n) is 5.47. The molecule has 0 radical (unpaired) electrons. The lowest BCUT2D eigenvalue weighted by Crippen LogP contribution is -2.53. The number of nitrogens with one attached hydrogen (secondary N) is 2. The average Bonchev–Trinajstić information content (AvgIpc) is 3.09. The van der Waals surface area contributed by atoms with Gasteiger partial charge in [0.25, 0.3) is 5.91 Å². The first-order valence-electron chi connectivity index (χ1n) is 9.75. The largest absolute Gasteiger partial charge is 0.480 e. The lowest BCUT2D eigenvalue weighted by Gasteiger charge is -2.26. The molecule has 2 aliphatic rings. The second kappa shape index (κ2) is 7.98. The standard InChI is InChI=1S/C22H21N3O5/c26-18(12-23-20(27)14-5-2-1-3-6-14)24-16-10-9-13-7-4-8-15-11-17(22(29)30)25(19(13)15)21(16)28/h1-8,16-17H,9-12H2,(H,23,27)(H,24,26)(H,29,30)/t16-,17-/m0/s1. The van der Waals surface area contributed by atoms with Crippen LogP contribution >= 0.6 is 0 Å². The van der Waals surface area contributed by atoms with Crippen molar-refractivity contribution in [1.29, 1.82) is 0 Å². The number of amides is 3. The topological polar surface area (TPSA) is 116 Å². The Balaban J connectivity index is 1.46. The monoisotopic (exact) mass is 407 g/mol. The summed E-state index contributed by atoms with van der Waals surface area (Å²) in [5.74, 6) is -2.41. The number of nitrogens with zero attached hydrogens (tertiary/aromatic N) is 1. The summed E-state index contributed by atoms with van der Waals surface area (Å²) < 4.78 is 0. The highest BCUT2D eigenvalue weighted by Gasteiger charge is 2.43. The van der Waals surface area contributed by atoms with Crippen LogP contribution in [0.3, 0.4) is 0 Å². The van der Waals surface area contributed by atoms with Gasteiger partial charge in [-0.05, 0) is 36.1 Å². The fourth-order valence-electron chi connectivity index (χ4n) is 4.06. The zero-order valence-corrected chi connectivity index (χ0v) is 16.1. The molecule has 2 heterocycles. The van der Waals surface area contributed by atoms with Gasteiger partial charge in [0.15, 0.2) is 0 Å². The van der Waals surface area contributed by atoms with E-state index in [1.54, 1.807) is 30.3 Å². The van der Waals surface area contributed by atoms with Crippen LogP contribution in [-0.4, -0.2) is 47.4 Å². The van der Waals surface area contributed by atoms with Crippen LogP contribution in [0.1, 0.15) is 27.9 Å². The molecule has 2 aliphatic heterocycles. The smallest absolute Gasteiger partial charge is 0.327 e. The van der Waals surface area contributed by atoms with Crippen molar-refractivity contribution < 1.29 is 24.3 Å². The predicted molar refractivity (Wildman–Crippen MR) is 108 cm³/mol. The van der Waals surface area contributed by atoms with Crippen molar-refractivity contribution in [3.8, 4) is 0 Å². The summed E-state index contributed by atoms with van der Waals surface area (Å²) in [5, 5.41) is 14.8. The number of carboxylic acid groups (broad SMARTS) is 1. The maximum atomic E-state index is 13.1. The molecule has 0 aliphatic carbocycles. The first-order valence-corrected chi connectivity index (χ1v) is 9.75. The van der Waals surface area contributed by atoms with Crippen molar-refractivity contribution in [3.63, 3.8) is 0 Å². The highest BCUT2D eigenvalue weighted by molar-refractivity contribution is 6.07. The molecule has 4 rings (SSSR count). The summed E-state index contributed by atoms with van der Waals surface area (Å²) in [6.45, 7) is -0.280. The van der Waals surface area contributed by atoms with Gasteiger partial charge in [-0.3, -0.25) is 19.3 Å². The second-order valence-electron chi connectivity index (χ2n) is 7.40. The number of aliphatic carboxylic acids is 1. The number of para-hydroxylation sites is 1. The Morgan fingerprint density at radius 2 is 1.77 bits per heavy atom. The first kappa shape index (κ1) is 19.6. The summed E-state index contributed by atoms with van der Waals surface area (Å²) in [4.78, 5) is 50.7. The quantitative estimate of drug-likeness (QED) is 0.681. The highest BCUT2D eigenvalue weighted by Crippen LogP contribution is 2.38. The van der Waals surface area contributed by atoms with Crippen LogP contribution < -0.4 is 15.5 Å². The molecule has 3 N–H and O–H groups in total. The molecular formula is C22H21N3O5. The Morgan fingerprint density at radius 3 is 2.50 bits per heavy atom. The maximum absolute atomic E-state index is 13.1. The number of hydrogen-bond acceptors (Lipinski definition) is 4. The lowest BCUT2D eigenvalue weighted by atomic mass is 10.0. The molecule has 0 spiro atoms. The van der Waals surface area contributed by atoms with Gasteiger partial charge >= 0.3 is 5.97 Å². The molecule has 0 aromatic heterocycles. The molecule has 2 atom stereocenters. The highest BCUT2D eigenvalue weighted by atomic mass is 16.4. The molecule has 0 fully saturated rings. The molecule has 154 valence electrons. The van der Waals surface area contributed by atoms with E-state index in [4.69, 9.17) is 0 Å². The fraction of sp³-hybridized carbons (Fsp3) is 0.273. The Labute approximate surface area is 172 Å². The van der Waals surface area contributed by atoms with Crippen molar-refractivity contribution in [2.24, 2.45) is 0 Å². The summed E-state index contributed by atoms with van der Waals surface area (Å²) in [6, 6.07) is 12.2. The number of hydrogen-bond donors (Lipinski definition) is 3. The van der Waals surface area contributed by atoms with Crippen molar-refractivity contribution in [1.82, 2.24) is 10.6 Å². The Bertz CT molecular complexity index is 1020. The molecular weight excluding hydrogens is 386 g/mol. The summed E-state index contributed by atoms with van der Waals surface area (Å²) in [6.07, 6.45) is 1.15. The number of carboxylic acids is 1. The molecule has 0 bridgehead atoms. The van der Waals surface area contributed by atoms with E-state index in [1.807, 2.05) is 18.2 Å². The van der Waals surface area contributed by atoms with Gasteiger partial charge < -0.3 is 15.7 Å². The van der Waals surface area contributed by atoms with Crippen LogP contribution in [0.5, 0.6) is 0 Å². The van der Waals surface area contributed by atoms with Gasteiger partial charge in [-0.1, -0.05) is 36.4 Å². The van der Waals surface area contributed by atoms with Gasteiger partial charge in [0.05, 0.1) is 12.2 Å². The van der Waals surface area contributed by atoms with Gasteiger partial charge in [0, 0.05) is 12.0 Å². The Kier molecular flexibility index (Phi) is 5.22. The number of benzene rings is 2. The molecule has 8 nitrogen and oxygen atoms in total. The van der Waals surface area contributed by atoms with E-state index < -0.39 is 29.9 Å². The second-order valence-corrected chi connectivity index (χ2v) is 7.40. The van der Waals surface area contributed by atoms with E-state index in [0.717, 1.165) is 11.1 Å². The van der Waals surface area contributed by atoms with Crippen molar-refractivity contribution in [3.05, 3.63) is 65.2 Å². The van der Waals surface area contributed by atoms with Crippen molar-refractivity contribution >= 4 is 29.4 Å². The third-order valence-corrected chi connectivity index (χ3v) is 5.47. The van der Waals surface area contributed by atoms with E-state index >= 15 is 0 Å². The summed E-state index contributed by atoms with van der Waals surface area (Å²) >= 11 is 0. The fourth-order valence-corrected chi connectivity index (χ4v) is 4.06. The number of aryl methyl sites for hydroxylation is 1. The van der Waals surface area contributed by atoms with Crippen molar-refractivity contribution in [2.75, 3.05) is 11.4 Å². The third kappa shape index (κ3) is 3.63. The van der Waals surface area contributed by atoms with E-state index in [2.05, 4.69) is 10.6 Å². The van der Waals surface area contributed by atoms with E-state index in [9.17, 15) is 24.3 Å². The average molecular weight is 407 g/mol. The first-order chi connectivity index (χ1) is 14.5. The van der Waals surface area contributed by atoms with Crippen LogP contribution in [-0.2, 0) is 27.2 Å². The lowest BCUT2D eigenvalue weighted by molar-refractivity contribution is -0.140. The SMILES string of the molecule is O=C(CNC(=O)c1ccccc1)N[C@H]1CCc2cccc3c2N(C1=O)[C@H](C(=O)O)C3. The van der Waals surface area contributed by atoms with Crippen LogP contribution in [0.15, 0.2) is 48.5 Å². The molecule has 30 heavy (non-hydrogen) atoms. The number of carbonyl (C=O) groups excluding carboxylic acids is 3. The van der Waals surface area contributed by atoms with Crippen LogP contribution in [0.25, 0.3) is 0 Å². The minimum Gasteiger partial charge on any atom is -0.480 e. The number of anilines is 1. The van der Waals surface area contributed by atoms with Gasteiger partial charge in [-0.2, -0.15) is 0 Å². The molecule has 0 saturated heterocycles. The van der Waals surface area contributed by atoms with E-state index in [1.165, 1.54) is 4.90 Å². The van der Waals surface area contributed by atoms with Crippen LogP contribution in [0.4, 0.5) is 5.69 Å². The van der Waals surface area contributed by atoms with Crippen molar-refractivity contribution in [2.45, 2.75) is 31.3 Å². The van der Waals surface area contributed by atoms with Gasteiger partial charge in [0.2, 0.25) is 11.8 Å². The summed E-state index contributed by atoms with van der Waals surface area (Å²) in [7, 11) is 0. The number of rotatable bonds is 5. The maximum Gasteiger partial charge on any atom is 0.327 e. The van der Waals surface area contributed by atoms with Gasteiger partial charge in [0.1, 0.15) is 12.1 Å². The Morgan fingerprint density at radius 1 is 1.03 bits per heavy atom. The van der Waals surface area contributed by atoms with E-state index in [-0.39, 0.29) is 18.9 Å². The minimum absolute atomic E-state index is 0.248. The molecule has 2 aromatic rings. The van der Waals surface area contributed by atoms with Gasteiger partial charge in [-0.25, -0.2) is 4.79 Å². The molecule has 2 aromatic carbocycles. The zero-order chi connectivity index (χ0) is 21.3. The predicted octanol–water partition coefficient (Wildman–Crippen LogP) is 0.890. The Hall–Kier alpha value is -3.68. The van der Waals surface area contributed by atoms with Crippen LogP contribution in [0, 0.1) is 0 Å². The van der Waals surface area contributed by atoms with E-state index in [0.29, 0.717) is 24.1 Å². The zero-order valence-electron chi connectivity index (χ0n) is 16.1.